The Morgan fingerprint density at radius 3 is 2.50 bits per heavy atom. The maximum atomic E-state index is 12.0. The molecular weight excluding hydrogens is 221 g/mol. The molecule has 88 valence electrons. The predicted molar refractivity (Wildman–Crippen MR) is 52.6 cm³/mol. The summed E-state index contributed by atoms with van der Waals surface area (Å²) >= 11 is 0. The van der Waals surface area contributed by atoms with E-state index in [9.17, 15) is 18.0 Å². The summed E-state index contributed by atoms with van der Waals surface area (Å²) in [5.74, 6) is -0.782. The van der Waals surface area contributed by atoms with Crippen LogP contribution in [0.1, 0.15) is 23.7 Å². The predicted octanol–water partition coefficient (Wildman–Crippen LogP) is 3.22. The van der Waals surface area contributed by atoms with Gasteiger partial charge < -0.3 is 4.74 Å². The Hall–Kier alpha value is -1.52. The molecule has 0 fully saturated rings. The van der Waals surface area contributed by atoms with Crippen molar-refractivity contribution in [2.75, 3.05) is 6.61 Å². The molecule has 2 nitrogen and oxygen atoms in total. The molecule has 1 aromatic carbocycles. The quantitative estimate of drug-likeness (QED) is 0.745. The fourth-order valence-electron chi connectivity index (χ4n) is 1.26. The van der Waals surface area contributed by atoms with E-state index in [1.165, 1.54) is 18.2 Å². The lowest BCUT2D eigenvalue weighted by atomic mass is 10.1. The molecule has 0 aliphatic heterocycles. The third kappa shape index (κ3) is 3.56. The van der Waals surface area contributed by atoms with Crippen molar-refractivity contribution in [2.24, 2.45) is 0 Å². The van der Waals surface area contributed by atoms with Crippen LogP contribution < -0.4 is 4.74 Å². The van der Waals surface area contributed by atoms with Crippen LogP contribution in [0.3, 0.4) is 0 Å². The molecule has 0 heterocycles. The van der Waals surface area contributed by atoms with Gasteiger partial charge in [-0.2, -0.15) is 13.2 Å². The summed E-state index contributed by atoms with van der Waals surface area (Å²) in [4.78, 5) is 11.4. The summed E-state index contributed by atoms with van der Waals surface area (Å²) < 4.78 is 41.2. The Balaban J connectivity index is 2.90. The Morgan fingerprint density at radius 2 is 1.94 bits per heavy atom. The fraction of sp³-hybridized carbons (Fsp3) is 0.364. The van der Waals surface area contributed by atoms with E-state index in [4.69, 9.17) is 4.74 Å². The van der Waals surface area contributed by atoms with Crippen LogP contribution in [0, 0.1) is 0 Å². The smallest absolute Gasteiger partial charge is 0.396 e. The molecule has 16 heavy (non-hydrogen) atoms. The lowest BCUT2D eigenvalue weighted by Crippen LogP contribution is -2.15. The van der Waals surface area contributed by atoms with Crippen LogP contribution in [0.5, 0.6) is 5.75 Å². The number of halogens is 3. The number of ketones is 1. The topological polar surface area (TPSA) is 26.3 Å². The van der Waals surface area contributed by atoms with E-state index in [-0.39, 0.29) is 11.3 Å². The largest absolute Gasteiger partial charge is 0.493 e. The Kier molecular flexibility index (Phi) is 3.93. The minimum absolute atomic E-state index is 0.0262. The molecule has 0 amide bonds. The van der Waals surface area contributed by atoms with E-state index in [1.54, 1.807) is 13.0 Å². The van der Waals surface area contributed by atoms with Gasteiger partial charge in [0.15, 0.2) is 5.78 Å². The van der Waals surface area contributed by atoms with Crippen LogP contribution in [-0.4, -0.2) is 18.6 Å². The van der Waals surface area contributed by atoms with Crippen molar-refractivity contribution in [2.45, 2.75) is 19.5 Å². The second-order valence-electron chi connectivity index (χ2n) is 3.14. The first kappa shape index (κ1) is 12.5. The van der Waals surface area contributed by atoms with E-state index in [2.05, 4.69) is 0 Å². The second-order valence-corrected chi connectivity index (χ2v) is 3.14. The van der Waals surface area contributed by atoms with Crippen LogP contribution in [0.4, 0.5) is 13.2 Å². The summed E-state index contributed by atoms with van der Waals surface area (Å²) in [5.41, 5.74) is -0.0262. The van der Waals surface area contributed by atoms with E-state index in [0.29, 0.717) is 6.61 Å². The van der Waals surface area contributed by atoms with Crippen LogP contribution in [-0.2, 0) is 0 Å². The summed E-state index contributed by atoms with van der Waals surface area (Å²) in [7, 11) is 0. The highest BCUT2D eigenvalue weighted by Gasteiger charge is 2.32. The molecule has 0 aromatic heterocycles. The van der Waals surface area contributed by atoms with Crippen molar-refractivity contribution < 1.29 is 22.7 Å². The number of ether oxygens (including phenoxy) is 1. The Bertz CT molecular complexity index is 372. The van der Waals surface area contributed by atoms with Crippen LogP contribution in [0.15, 0.2) is 24.3 Å². The molecule has 0 radical (unpaired) electrons. The van der Waals surface area contributed by atoms with Gasteiger partial charge in [-0.3, -0.25) is 4.79 Å². The number of Topliss-reactive ketones (excluding diaryl/α,β-unsaturated/α-hetero) is 1. The Morgan fingerprint density at radius 1 is 1.31 bits per heavy atom. The monoisotopic (exact) mass is 232 g/mol. The van der Waals surface area contributed by atoms with Crippen molar-refractivity contribution >= 4 is 5.78 Å². The molecule has 0 bridgehead atoms. The zero-order valence-corrected chi connectivity index (χ0v) is 8.67. The van der Waals surface area contributed by atoms with Crippen molar-refractivity contribution in [1.29, 1.82) is 0 Å². The molecule has 1 aromatic rings. The molecule has 0 aliphatic carbocycles. The van der Waals surface area contributed by atoms with Gasteiger partial charge in [-0.15, -0.1) is 0 Å². The van der Waals surface area contributed by atoms with E-state index < -0.39 is 18.4 Å². The number of rotatable bonds is 4. The molecule has 0 atom stereocenters. The van der Waals surface area contributed by atoms with Gasteiger partial charge in [0.25, 0.3) is 0 Å². The van der Waals surface area contributed by atoms with Gasteiger partial charge in [-0.25, -0.2) is 0 Å². The van der Waals surface area contributed by atoms with Crippen LogP contribution in [0.25, 0.3) is 0 Å². The highest BCUT2D eigenvalue weighted by atomic mass is 19.4. The second kappa shape index (κ2) is 5.01. The van der Waals surface area contributed by atoms with E-state index in [1.807, 2.05) is 0 Å². The maximum absolute atomic E-state index is 12.0. The number of hydrogen-bond acceptors (Lipinski definition) is 2. The fourth-order valence-corrected chi connectivity index (χ4v) is 1.26. The molecule has 0 saturated carbocycles. The lowest BCUT2D eigenvalue weighted by molar-refractivity contribution is -0.125. The lowest BCUT2D eigenvalue weighted by Gasteiger charge is -2.10. The van der Waals surface area contributed by atoms with Crippen LogP contribution in [0.2, 0.25) is 0 Å². The zero-order valence-electron chi connectivity index (χ0n) is 8.67. The summed E-state index contributed by atoms with van der Waals surface area (Å²) in [6.45, 7) is 2.00. The molecule has 0 saturated heterocycles. The molecular formula is C11H11F3O2. The van der Waals surface area contributed by atoms with Crippen LogP contribution >= 0.6 is 0 Å². The highest BCUT2D eigenvalue weighted by molar-refractivity contribution is 5.99. The number of alkyl halides is 3. The van der Waals surface area contributed by atoms with Crippen molar-refractivity contribution in [1.82, 2.24) is 0 Å². The maximum Gasteiger partial charge on any atom is 0.396 e. The summed E-state index contributed by atoms with van der Waals surface area (Å²) in [5, 5.41) is 0. The number of carbonyl (C=O) groups excluding carboxylic acids is 1. The first-order chi connectivity index (χ1) is 7.44. The minimum atomic E-state index is -4.49. The molecule has 5 heteroatoms. The van der Waals surface area contributed by atoms with Gasteiger partial charge in [-0.1, -0.05) is 12.1 Å². The number of para-hydroxylation sites is 1. The first-order valence-electron chi connectivity index (χ1n) is 4.76. The molecule has 1 rings (SSSR count). The molecule has 0 unspecified atom stereocenters. The van der Waals surface area contributed by atoms with Gasteiger partial charge in [0.1, 0.15) is 12.2 Å². The van der Waals surface area contributed by atoms with Gasteiger partial charge in [-0.05, 0) is 19.1 Å². The molecule has 0 spiro atoms. The van der Waals surface area contributed by atoms with Crippen molar-refractivity contribution in [3.63, 3.8) is 0 Å². The number of hydrogen-bond donors (Lipinski definition) is 0. The SMILES string of the molecule is CCOc1ccccc1C(=O)CC(F)(F)F. The average Bonchev–Trinajstić information content (AvgIpc) is 2.16. The number of benzene rings is 1. The summed E-state index contributed by atoms with van der Waals surface area (Å²) in [6.07, 6.45) is -5.95. The standard InChI is InChI=1S/C11H11F3O2/c1-2-16-10-6-4-3-5-8(10)9(15)7-11(12,13)14/h3-6H,2,7H2,1H3. The normalized spacial score (nSPS) is 11.2. The summed E-state index contributed by atoms with van der Waals surface area (Å²) in [6, 6.07) is 5.92. The minimum Gasteiger partial charge on any atom is -0.493 e. The van der Waals surface area contributed by atoms with E-state index in [0.717, 1.165) is 0 Å². The Labute approximate surface area is 91.0 Å². The highest BCUT2D eigenvalue weighted by Crippen LogP contribution is 2.26. The zero-order chi connectivity index (χ0) is 12.2. The third-order valence-electron chi connectivity index (χ3n) is 1.85. The van der Waals surface area contributed by atoms with Gasteiger partial charge in [0, 0.05) is 0 Å². The van der Waals surface area contributed by atoms with Crippen molar-refractivity contribution in [3.05, 3.63) is 29.8 Å². The van der Waals surface area contributed by atoms with Gasteiger partial charge in [0.2, 0.25) is 0 Å². The first-order valence-corrected chi connectivity index (χ1v) is 4.76. The third-order valence-corrected chi connectivity index (χ3v) is 1.85. The van der Waals surface area contributed by atoms with Gasteiger partial charge in [0.05, 0.1) is 12.2 Å². The molecule has 0 aliphatic rings. The van der Waals surface area contributed by atoms with Gasteiger partial charge >= 0.3 is 6.18 Å². The van der Waals surface area contributed by atoms with Crippen molar-refractivity contribution in [3.8, 4) is 5.75 Å². The average molecular weight is 232 g/mol. The molecule has 0 N–H and O–H groups in total. The number of carbonyl (C=O) groups is 1. The van der Waals surface area contributed by atoms with E-state index >= 15 is 0 Å².